The van der Waals surface area contributed by atoms with Crippen LogP contribution in [0.25, 0.3) is 0 Å². The Morgan fingerprint density at radius 2 is 1.84 bits per heavy atom. The van der Waals surface area contributed by atoms with E-state index in [4.69, 9.17) is 5.73 Å². The summed E-state index contributed by atoms with van der Waals surface area (Å²) in [6.45, 7) is 14.2. The van der Waals surface area contributed by atoms with Crippen LogP contribution in [0.5, 0.6) is 0 Å². The summed E-state index contributed by atoms with van der Waals surface area (Å²) in [5.74, 6) is 1.57. The summed E-state index contributed by atoms with van der Waals surface area (Å²) in [7, 11) is 0. The van der Waals surface area contributed by atoms with Crippen LogP contribution >= 0.6 is 0 Å². The second-order valence-corrected chi connectivity index (χ2v) is 6.87. The molecule has 112 valence electrons. The van der Waals surface area contributed by atoms with Gasteiger partial charge in [0, 0.05) is 31.2 Å². The number of hydrogen-bond donors (Lipinski definition) is 1. The minimum absolute atomic E-state index is 0.384. The number of likely N-dealkylation sites (tertiary alicyclic amines) is 1. The van der Waals surface area contributed by atoms with E-state index in [-0.39, 0.29) is 0 Å². The standard InChI is InChI=1S/C16H33N3/c1-5-18(6-2)14-7-8-19(11-14)16-13(4)9-12(3)10-15(16)17/h12-16H,5-11,17H2,1-4H3. The first kappa shape index (κ1) is 15.3. The van der Waals surface area contributed by atoms with Crippen molar-refractivity contribution >= 4 is 0 Å². The van der Waals surface area contributed by atoms with Crippen LogP contribution in [0, 0.1) is 11.8 Å². The van der Waals surface area contributed by atoms with Gasteiger partial charge in [0.2, 0.25) is 0 Å². The normalized spacial score (nSPS) is 41.1. The van der Waals surface area contributed by atoms with E-state index in [9.17, 15) is 0 Å². The van der Waals surface area contributed by atoms with Crippen LogP contribution in [0.2, 0.25) is 0 Å². The third-order valence-electron chi connectivity index (χ3n) is 5.42. The van der Waals surface area contributed by atoms with E-state index in [2.05, 4.69) is 37.5 Å². The zero-order valence-corrected chi connectivity index (χ0v) is 13.3. The van der Waals surface area contributed by atoms with Crippen molar-refractivity contribution in [3.05, 3.63) is 0 Å². The first-order valence-corrected chi connectivity index (χ1v) is 8.30. The molecule has 3 heteroatoms. The minimum atomic E-state index is 0.384. The van der Waals surface area contributed by atoms with Gasteiger partial charge in [0.05, 0.1) is 0 Å². The number of rotatable bonds is 4. The molecule has 5 unspecified atom stereocenters. The average Bonchev–Trinajstić information content (AvgIpc) is 2.78. The lowest BCUT2D eigenvalue weighted by atomic mass is 9.76. The van der Waals surface area contributed by atoms with Crippen molar-refractivity contribution in [3.8, 4) is 0 Å². The van der Waals surface area contributed by atoms with Crippen LogP contribution < -0.4 is 5.73 Å². The molecule has 0 spiro atoms. The van der Waals surface area contributed by atoms with Gasteiger partial charge >= 0.3 is 0 Å². The number of nitrogens with two attached hydrogens (primary N) is 1. The van der Waals surface area contributed by atoms with Crippen LogP contribution in [0.1, 0.15) is 47.0 Å². The second-order valence-electron chi connectivity index (χ2n) is 6.87. The summed E-state index contributed by atoms with van der Waals surface area (Å²) in [5, 5.41) is 0. The minimum Gasteiger partial charge on any atom is -0.326 e. The van der Waals surface area contributed by atoms with Gasteiger partial charge in [-0.15, -0.1) is 0 Å². The fraction of sp³-hybridized carbons (Fsp3) is 1.00. The Morgan fingerprint density at radius 3 is 2.42 bits per heavy atom. The van der Waals surface area contributed by atoms with Gasteiger partial charge < -0.3 is 5.73 Å². The van der Waals surface area contributed by atoms with E-state index in [0.717, 1.165) is 17.9 Å². The smallest absolute Gasteiger partial charge is 0.0273 e. The second kappa shape index (κ2) is 6.55. The Kier molecular flexibility index (Phi) is 5.27. The quantitative estimate of drug-likeness (QED) is 0.847. The fourth-order valence-corrected chi connectivity index (χ4v) is 4.60. The molecular formula is C16H33N3. The first-order valence-electron chi connectivity index (χ1n) is 8.30. The summed E-state index contributed by atoms with van der Waals surface area (Å²) < 4.78 is 0. The van der Waals surface area contributed by atoms with Crippen molar-refractivity contribution in [2.24, 2.45) is 17.6 Å². The van der Waals surface area contributed by atoms with Crippen LogP contribution in [-0.2, 0) is 0 Å². The van der Waals surface area contributed by atoms with E-state index in [1.54, 1.807) is 0 Å². The highest BCUT2D eigenvalue weighted by molar-refractivity contribution is 4.96. The maximum Gasteiger partial charge on any atom is 0.0273 e. The summed E-state index contributed by atoms with van der Waals surface area (Å²) in [4.78, 5) is 5.31. The zero-order chi connectivity index (χ0) is 14.0. The Hall–Kier alpha value is -0.120. The molecule has 2 rings (SSSR count). The van der Waals surface area contributed by atoms with E-state index >= 15 is 0 Å². The molecule has 1 aliphatic carbocycles. The first-order chi connectivity index (χ1) is 9.06. The molecule has 0 amide bonds. The summed E-state index contributed by atoms with van der Waals surface area (Å²) in [5.41, 5.74) is 6.47. The molecule has 5 atom stereocenters. The molecule has 0 aromatic carbocycles. The Labute approximate surface area is 119 Å². The fourth-order valence-electron chi connectivity index (χ4n) is 4.60. The maximum absolute atomic E-state index is 6.47. The molecule has 2 N–H and O–H groups in total. The van der Waals surface area contributed by atoms with Crippen molar-refractivity contribution in [1.29, 1.82) is 0 Å². The molecule has 1 heterocycles. The molecule has 1 saturated heterocycles. The van der Waals surface area contributed by atoms with Crippen molar-refractivity contribution in [3.63, 3.8) is 0 Å². The molecule has 0 bridgehead atoms. The molecule has 1 aliphatic heterocycles. The monoisotopic (exact) mass is 267 g/mol. The van der Waals surface area contributed by atoms with Crippen molar-refractivity contribution in [2.45, 2.75) is 65.1 Å². The molecule has 2 aliphatic rings. The number of nitrogens with zero attached hydrogens (tertiary/aromatic N) is 2. The Morgan fingerprint density at radius 1 is 1.16 bits per heavy atom. The molecule has 3 nitrogen and oxygen atoms in total. The van der Waals surface area contributed by atoms with E-state index < -0.39 is 0 Å². The van der Waals surface area contributed by atoms with Gasteiger partial charge in [-0.25, -0.2) is 0 Å². The van der Waals surface area contributed by atoms with Gasteiger partial charge in [-0.1, -0.05) is 27.7 Å². The number of hydrogen-bond acceptors (Lipinski definition) is 3. The molecule has 1 saturated carbocycles. The van der Waals surface area contributed by atoms with Gasteiger partial charge in [0.15, 0.2) is 0 Å². The third kappa shape index (κ3) is 3.32. The van der Waals surface area contributed by atoms with E-state index in [1.165, 1.54) is 45.4 Å². The van der Waals surface area contributed by atoms with Gasteiger partial charge in [-0.3, -0.25) is 9.80 Å². The van der Waals surface area contributed by atoms with Crippen LogP contribution in [-0.4, -0.2) is 54.1 Å². The van der Waals surface area contributed by atoms with Crippen LogP contribution in [0.3, 0.4) is 0 Å². The number of likely N-dealkylation sites (N-methyl/N-ethyl adjacent to an activating group) is 1. The molecule has 0 aromatic heterocycles. The third-order valence-corrected chi connectivity index (χ3v) is 5.42. The predicted octanol–water partition coefficient (Wildman–Crippen LogP) is 2.16. The van der Waals surface area contributed by atoms with Gasteiger partial charge in [0.25, 0.3) is 0 Å². The summed E-state index contributed by atoms with van der Waals surface area (Å²) in [6, 6.07) is 1.76. The largest absolute Gasteiger partial charge is 0.326 e. The lowest BCUT2D eigenvalue weighted by Gasteiger charge is -2.43. The Balaban J connectivity index is 1.96. The topological polar surface area (TPSA) is 32.5 Å². The molecule has 0 radical (unpaired) electrons. The van der Waals surface area contributed by atoms with Gasteiger partial charge in [-0.05, 0) is 44.2 Å². The molecule has 0 aromatic rings. The highest BCUT2D eigenvalue weighted by Crippen LogP contribution is 2.33. The molecule has 19 heavy (non-hydrogen) atoms. The summed E-state index contributed by atoms with van der Waals surface area (Å²) >= 11 is 0. The van der Waals surface area contributed by atoms with E-state index in [0.29, 0.717) is 12.1 Å². The molecular weight excluding hydrogens is 234 g/mol. The van der Waals surface area contributed by atoms with Crippen LogP contribution in [0.15, 0.2) is 0 Å². The average molecular weight is 267 g/mol. The SMILES string of the molecule is CCN(CC)C1CCN(C2C(C)CC(C)CC2N)C1. The highest BCUT2D eigenvalue weighted by Gasteiger charge is 2.39. The van der Waals surface area contributed by atoms with Crippen molar-refractivity contribution in [2.75, 3.05) is 26.2 Å². The lowest BCUT2D eigenvalue weighted by Crippen LogP contribution is -2.54. The van der Waals surface area contributed by atoms with E-state index in [1.807, 2.05) is 0 Å². The van der Waals surface area contributed by atoms with Gasteiger partial charge in [-0.2, -0.15) is 0 Å². The highest BCUT2D eigenvalue weighted by atomic mass is 15.3. The summed E-state index contributed by atoms with van der Waals surface area (Å²) in [6.07, 6.45) is 3.89. The predicted molar refractivity (Wildman–Crippen MR) is 82.2 cm³/mol. The van der Waals surface area contributed by atoms with Crippen LogP contribution in [0.4, 0.5) is 0 Å². The lowest BCUT2D eigenvalue weighted by molar-refractivity contribution is 0.0865. The zero-order valence-electron chi connectivity index (χ0n) is 13.3. The molecule has 2 fully saturated rings. The van der Waals surface area contributed by atoms with Crippen molar-refractivity contribution in [1.82, 2.24) is 9.80 Å². The maximum atomic E-state index is 6.47. The van der Waals surface area contributed by atoms with Crippen molar-refractivity contribution < 1.29 is 0 Å². The van der Waals surface area contributed by atoms with Gasteiger partial charge in [0.1, 0.15) is 0 Å². The Bertz CT molecular complexity index is 265.